The molecule has 0 fully saturated rings. The van der Waals surface area contributed by atoms with Gasteiger partial charge in [0, 0.05) is 6.42 Å². The first kappa shape index (κ1) is 12.1. The van der Waals surface area contributed by atoms with E-state index in [9.17, 15) is 4.79 Å². The highest BCUT2D eigenvalue weighted by Crippen LogP contribution is 2.21. The minimum Gasteiger partial charge on any atom is -0.481 e. The van der Waals surface area contributed by atoms with E-state index >= 15 is 0 Å². The monoisotopic (exact) mass is 236 g/mol. The lowest BCUT2D eigenvalue weighted by molar-refractivity contribution is -0.159. The summed E-state index contributed by atoms with van der Waals surface area (Å²) in [6, 6.07) is 6.16. The zero-order valence-electron chi connectivity index (χ0n) is 9.81. The van der Waals surface area contributed by atoms with Gasteiger partial charge < -0.3 is 14.6 Å². The molecule has 1 aromatic carbocycles. The van der Waals surface area contributed by atoms with Crippen LogP contribution < -0.4 is 0 Å². The number of rotatable bonds is 3. The molecule has 1 N–H and O–H groups in total. The molecule has 0 aromatic heterocycles. The predicted molar refractivity (Wildman–Crippen MR) is 61.4 cm³/mol. The van der Waals surface area contributed by atoms with E-state index in [1.165, 1.54) is 5.56 Å². The first-order valence-corrected chi connectivity index (χ1v) is 5.68. The van der Waals surface area contributed by atoms with Gasteiger partial charge in [0.1, 0.15) is 0 Å². The van der Waals surface area contributed by atoms with Gasteiger partial charge >= 0.3 is 5.97 Å². The Bertz CT molecular complexity index is 414. The maximum atomic E-state index is 10.5. The van der Waals surface area contributed by atoms with Crippen LogP contribution in [0.3, 0.4) is 0 Å². The van der Waals surface area contributed by atoms with Gasteiger partial charge in [-0.3, -0.25) is 4.79 Å². The van der Waals surface area contributed by atoms with Crippen molar-refractivity contribution >= 4 is 5.97 Å². The Morgan fingerprint density at radius 3 is 2.76 bits per heavy atom. The molecule has 0 amide bonds. The molecule has 1 aliphatic rings. The number of ether oxygens (including phenoxy) is 2. The van der Waals surface area contributed by atoms with Crippen LogP contribution in [0.5, 0.6) is 0 Å². The van der Waals surface area contributed by atoms with E-state index in [1.807, 2.05) is 19.1 Å². The van der Waals surface area contributed by atoms with Gasteiger partial charge in [-0.15, -0.1) is 0 Å². The quantitative estimate of drug-likeness (QED) is 0.874. The van der Waals surface area contributed by atoms with Crippen molar-refractivity contribution in [3.63, 3.8) is 0 Å². The smallest absolute Gasteiger partial charge is 0.303 e. The Morgan fingerprint density at radius 2 is 2.06 bits per heavy atom. The van der Waals surface area contributed by atoms with Crippen LogP contribution in [0.25, 0.3) is 0 Å². The van der Waals surface area contributed by atoms with Crippen molar-refractivity contribution in [1.29, 1.82) is 0 Å². The molecule has 2 rings (SSSR count). The van der Waals surface area contributed by atoms with Gasteiger partial charge in [0.15, 0.2) is 6.29 Å². The third kappa shape index (κ3) is 3.28. The highest BCUT2D eigenvalue weighted by atomic mass is 16.7. The number of fused-ring (bicyclic) bond motifs is 1. The van der Waals surface area contributed by atoms with Gasteiger partial charge in [-0.05, 0) is 18.1 Å². The average Bonchev–Trinajstić information content (AvgIpc) is 2.48. The van der Waals surface area contributed by atoms with Gasteiger partial charge in [-0.1, -0.05) is 23.8 Å². The SMILES string of the molecule is Cc1ccc2c(c1)COC(CCC(=O)O)OC2. The van der Waals surface area contributed by atoms with E-state index in [0.29, 0.717) is 19.6 Å². The number of aryl methyl sites for hydroxylation is 1. The summed E-state index contributed by atoms with van der Waals surface area (Å²) in [5.41, 5.74) is 3.44. The fraction of sp³-hybridized carbons (Fsp3) is 0.462. The number of carboxylic acids is 1. The van der Waals surface area contributed by atoms with Crippen molar-refractivity contribution in [2.24, 2.45) is 0 Å². The van der Waals surface area contributed by atoms with Crippen LogP contribution >= 0.6 is 0 Å². The summed E-state index contributed by atoms with van der Waals surface area (Å²) in [5.74, 6) is -0.824. The second-order valence-electron chi connectivity index (χ2n) is 4.26. The van der Waals surface area contributed by atoms with Crippen LogP contribution in [-0.4, -0.2) is 17.4 Å². The summed E-state index contributed by atoms with van der Waals surface area (Å²) in [6.07, 6.45) is 0.0429. The van der Waals surface area contributed by atoms with E-state index in [2.05, 4.69) is 6.07 Å². The predicted octanol–water partition coefficient (Wildman–Crippen LogP) is 2.23. The van der Waals surface area contributed by atoms with Gasteiger partial charge in [-0.2, -0.15) is 0 Å². The Labute approximate surface area is 100 Å². The molecule has 0 saturated carbocycles. The number of carboxylic acid groups (broad SMARTS) is 1. The summed E-state index contributed by atoms with van der Waals surface area (Å²) in [5, 5.41) is 8.61. The topological polar surface area (TPSA) is 55.8 Å². The average molecular weight is 236 g/mol. The molecule has 4 heteroatoms. The van der Waals surface area contributed by atoms with Gasteiger partial charge in [0.25, 0.3) is 0 Å². The zero-order chi connectivity index (χ0) is 12.3. The van der Waals surface area contributed by atoms with Crippen molar-refractivity contribution < 1.29 is 19.4 Å². The van der Waals surface area contributed by atoms with E-state index in [-0.39, 0.29) is 6.42 Å². The Kier molecular flexibility index (Phi) is 3.76. The maximum Gasteiger partial charge on any atom is 0.303 e. The van der Waals surface area contributed by atoms with Crippen LogP contribution in [0.2, 0.25) is 0 Å². The van der Waals surface area contributed by atoms with E-state index in [4.69, 9.17) is 14.6 Å². The van der Waals surface area contributed by atoms with Gasteiger partial charge in [-0.25, -0.2) is 0 Å². The molecule has 1 aromatic rings. The lowest BCUT2D eigenvalue weighted by Gasteiger charge is -2.13. The summed E-state index contributed by atoms with van der Waals surface area (Å²) in [4.78, 5) is 10.5. The van der Waals surface area contributed by atoms with Crippen LogP contribution in [0.15, 0.2) is 18.2 Å². The molecule has 1 unspecified atom stereocenters. The largest absolute Gasteiger partial charge is 0.481 e. The third-order valence-electron chi connectivity index (χ3n) is 2.81. The fourth-order valence-electron chi connectivity index (χ4n) is 1.85. The van der Waals surface area contributed by atoms with Gasteiger partial charge in [0.2, 0.25) is 0 Å². The lowest BCUT2D eigenvalue weighted by Crippen LogP contribution is -2.16. The lowest BCUT2D eigenvalue weighted by atomic mass is 10.1. The van der Waals surface area contributed by atoms with E-state index in [0.717, 1.165) is 11.1 Å². The Balaban J connectivity index is 1.99. The van der Waals surface area contributed by atoms with Crippen molar-refractivity contribution in [3.8, 4) is 0 Å². The van der Waals surface area contributed by atoms with Crippen molar-refractivity contribution in [2.45, 2.75) is 39.3 Å². The molecular formula is C13H16O4. The number of hydrogen-bond donors (Lipinski definition) is 1. The van der Waals surface area contributed by atoms with Crippen molar-refractivity contribution in [2.75, 3.05) is 0 Å². The van der Waals surface area contributed by atoms with Crippen molar-refractivity contribution in [1.82, 2.24) is 0 Å². The molecule has 17 heavy (non-hydrogen) atoms. The highest BCUT2D eigenvalue weighted by Gasteiger charge is 2.17. The fourth-order valence-corrected chi connectivity index (χ4v) is 1.85. The maximum absolute atomic E-state index is 10.5. The second-order valence-corrected chi connectivity index (χ2v) is 4.26. The van der Waals surface area contributed by atoms with Crippen LogP contribution in [-0.2, 0) is 27.5 Å². The minimum absolute atomic E-state index is 0.0695. The third-order valence-corrected chi connectivity index (χ3v) is 2.81. The Morgan fingerprint density at radius 1 is 1.35 bits per heavy atom. The molecule has 0 aliphatic carbocycles. The van der Waals surface area contributed by atoms with Crippen LogP contribution in [0.4, 0.5) is 0 Å². The summed E-state index contributed by atoms with van der Waals surface area (Å²) < 4.78 is 11.1. The standard InChI is InChI=1S/C13H16O4/c1-9-2-3-10-7-16-13(5-4-12(14)15)17-8-11(10)6-9/h2-3,6,13H,4-5,7-8H2,1H3,(H,14,15). The summed E-state index contributed by atoms with van der Waals surface area (Å²) >= 11 is 0. The molecule has 0 spiro atoms. The number of aliphatic carboxylic acids is 1. The number of hydrogen-bond acceptors (Lipinski definition) is 3. The molecule has 0 bridgehead atoms. The molecule has 4 nitrogen and oxygen atoms in total. The first-order valence-electron chi connectivity index (χ1n) is 5.68. The van der Waals surface area contributed by atoms with Crippen LogP contribution in [0.1, 0.15) is 29.5 Å². The molecular weight excluding hydrogens is 220 g/mol. The zero-order valence-corrected chi connectivity index (χ0v) is 9.81. The van der Waals surface area contributed by atoms with E-state index < -0.39 is 12.3 Å². The molecule has 0 saturated heterocycles. The van der Waals surface area contributed by atoms with Crippen molar-refractivity contribution in [3.05, 3.63) is 34.9 Å². The Hall–Kier alpha value is -1.39. The molecule has 0 radical (unpaired) electrons. The summed E-state index contributed by atoms with van der Waals surface area (Å²) in [7, 11) is 0. The minimum atomic E-state index is -0.824. The molecule has 92 valence electrons. The first-order chi connectivity index (χ1) is 8.15. The second kappa shape index (κ2) is 5.29. The molecule has 1 atom stereocenters. The normalized spacial score (nSPS) is 19.5. The molecule has 1 aliphatic heterocycles. The summed E-state index contributed by atoms with van der Waals surface area (Å²) in [6.45, 7) is 3.01. The molecule has 1 heterocycles. The highest BCUT2D eigenvalue weighted by molar-refractivity contribution is 5.66. The van der Waals surface area contributed by atoms with E-state index in [1.54, 1.807) is 0 Å². The van der Waals surface area contributed by atoms with Gasteiger partial charge in [0.05, 0.1) is 19.6 Å². The van der Waals surface area contributed by atoms with Crippen LogP contribution in [0, 0.1) is 6.92 Å². The number of carbonyl (C=O) groups is 1. The number of benzene rings is 1.